The van der Waals surface area contributed by atoms with E-state index in [-0.39, 0.29) is 16.5 Å². The number of carbonyl (C=O) groups excluding carboxylic acids is 1. The molecule has 0 spiro atoms. The van der Waals surface area contributed by atoms with E-state index in [0.717, 1.165) is 18.3 Å². The van der Waals surface area contributed by atoms with Crippen molar-refractivity contribution in [1.29, 1.82) is 0 Å². The first-order valence-corrected chi connectivity index (χ1v) is 5.58. The van der Waals surface area contributed by atoms with Crippen LogP contribution in [0.25, 0.3) is 0 Å². The summed E-state index contributed by atoms with van der Waals surface area (Å²) >= 11 is 5.52. The minimum atomic E-state index is -4.54. The van der Waals surface area contributed by atoms with E-state index in [0.29, 0.717) is 0 Å². The Morgan fingerprint density at radius 2 is 1.90 bits per heavy atom. The number of alkyl halides is 3. The maximum Gasteiger partial charge on any atom is 0.433 e. The SMILES string of the molecule is O=C(Nc1ccc(Cl)nn1)c1ccc(C(F)(F)F)nc1. The number of amides is 1. The number of hydrogen-bond donors (Lipinski definition) is 1. The van der Waals surface area contributed by atoms with Crippen molar-refractivity contribution in [3.05, 3.63) is 46.9 Å². The van der Waals surface area contributed by atoms with E-state index < -0.39 is 17.8 Å². The molecule has 1 N–H and O–H groups in total. The molecule has 1 amide bonds. The number of hydrogen-bond acceptors (Lipinski definition) is 4. The zero-order valence-corrected chi connectivity index (χ0v) is 10.4. The van der Waals surface area contributed by atoms with E-state index >= 15 is 0 Å². The molecule has 2 rings (SSSR count). The van der Waals surface area contributed by atoms with Crippen LogP contribution in [0.15, 0.2) is 30.5 Å². The van der Waals surface area contributed by atoms with Crippen molar-refractivity contribution in [2.75, 3.05) is 5.32 Å². The lowest BCUT2D eigenvalue weighted by molar-refractivity contribution is -0.141. The van der Waals surface area contributed by atoms with E-state index in [9.17, 15) is 18.0 Å². The molecule has 0 aliphatic heterocycles. The zero-order valence-electron chi connectivity index (χ0n) is 9.65. The van der Waals surface area contributed by atoms with Crippen LogP contribution < -0.4 is 5.32 Å². The van der Waals surface area contributed by atoms with Crippen molar-refractivity contribution in [3.8, 4) is 0 Å². The van der Waals surface area contributed by atoms with Gasteiger partial charge in [-0.05, 0) is 24.3 Å². The molecule has 0 fully saturated rings. The van der Waals surface area contributed by atoms with Crippen LogP contribution >= 0.6 is 11.6 Å². The monoisotopic (exact) mass is 302 g/mol. The fourth-order valence-corrected chi connectivity index (χ4v) is 1.37. The molecule has 0 bridgehead atoms. The highest BCUT2D eigenvalue weighted by atomic mass is 35.5. The van der Waals surface area contributed by atoms with Gasteiger partial charge in [0.25, 0.3) is 5.91 Å². The molecule has 5 nitrogen and oxygen atoms in total. The molecule has 20 heavy (non-hydrogen) atoms. The number of rotatable bonds is 2. The van der Waals surface area contributed by atoms with E-state index in [1.165, 1.54) is 12.1 Å². The number of pyridine rings is 1. The third-order valence-electron chi connectivity index (χ3n) is 2.19. The molecule has 9 heteroatoms. The minimum Gasteiger partial charge on any atom is -0.305 e. The topological polar surface area (TPSA) is 67.8 Å². The molecule has 0 radical (unpaired) electrons. The Morgan fingerprint density at radius 3 is 2.40 bits per heavy atom. The average molecular weight is 303 g/mol. The Balaban J connectivity index is 2.11. The van der Waals surface area contributed by atoms with Gasteiger partial charge >= 0.3 is 6.18 Å². The number of aromatic nitrogens is 3. The van der Waals surface area contributed by atoms with E-state index in [1.807, 2.05) is 0 Å². The van der Waals surface area contributed by atoms with Crippen LogP contribution in [0, 0.1) is 0 Å². The van der Waals surface area contributed by atoms with Crippen molar-refractivity contribution in [2.24, 2.45) is 0 Å². The van der Waals surface area contributed by atoms with Gasteiger partial charge in [-0.1, -0.05) is 11.6 Å². The van der Waals surface area contributed by atoms with Crippen LogP contribution in [0.3, 0.4) is 0 Å². The second-order valence-electron chi connectivity index (χ2n) is 3.63. The summed E-state index contributed by atoms with van der Waals surface area (Å²) in [5.41, 5.74) is -1.10. The lowest BCUT2D eigenvalue weighted by atomic mass is 10.2. The van der Waals surface area contributed by atoms with E-state index in [4.69, 9.17) is 11.6 Å². The number of halogens is 4. The summed E-state index contributed by atoms with van der Waals surface area (Å²) in [6, 6.07) is 4.57. The molecule has 2 aromatic rings. The normalized spacial score (nSPS) is 11.2. The maximum absolute atomic E-state index is 12.3. The third-order valence-corrected chi connectivity index (χ3v) is 2.39. The molecule has 0 aromatic carbocycles. The molecule has 2 aromatic heterocycles. The van der Waals surface area contributed by atoms with Crippen LogP contribution in [-0.4, -0.2) is 21.1 Å². The van der Waals surface area contributed by atoms with Gasteiger partial charge in [0.15, 0.2) is 11.0 Å². The van der Waals surface area contributed by atoms with Crippen LogP contribution in [0.1, 0.15) is 16.1 Å². The van der Waals surface area contributed by atoms with Crippen molar-refractivity contribution >= 4 is 23.3 Å². The van der Waals surface area contributed by atoms with Crippen molar-refractivity contribution in [3.63, 3.8) is 0 Å². The zero-order chi connectivity index (χ0) is 14.8. The molecule has 0 atom stereocenters. The fraction of sp³-hybridized carbons (Fsp3) is 0.0909. The standard InChI is InChI=1S/C11H6ClF3N4O/c12-8-3-4-9(19-18-8)17-10(20)6-1-2-7(16-5-6)11(13,14)15/h1-5H,(H,17,19,20). The summed E-state index contributed by atoms with van der Waals surface area (Å²) in [7, 11) is 0. The lowest BCUT2D eigenvalue weighted by Gasteiger charge is -2.06. The summed E-state index contributed by atoms with van der Waals surface area (Å²) in [6.45, 7) is 0. The first kappa shape index (κ1) is 14.2. The first-order valence-electron chi connectivity index (χ1n) is 5.20. The van der Waals surface area contributed by atoms with Gasteiger partial charge in [0.05, 0.1) is 5.56 Å². The highest BCUT2D eigenvalue weighted by molar-refractivity contribution is 6.29. The smallest absolute Gasteiger partial charge is 0.305 e. The fourth-order valence-electron chi connectivity index (χ4n) is 1.27. The molecular formula is C11H6ClF3N4O. The second kappa shape index (κ2) is 5.41. The molecule has 0 saturated heterocycles. The molecule has 104 valence electrons. The van der Waals surface area contributed by atoms with Crippen molar-refractivity contribution in [2.45, 2.75) is 6.18 Å². The van der Waals surface area contributed by atoms with Gasteiger partial charge in [0.2, 0.25) is 0 Å². The van der Waals surface area contributed by atoms with Crippen LogP contribution in [-0.2, 0) is 6.18 Å². The molecule has 0 unspecified atom stereocenters. The van der Waals surface area contributed by atoms with E-state index in [1.54, 1.807) is 0 Å². The Hall–Kier alpha value is -2.22. The van der Waals surface area contributed by atoms with Gasteiger partial charge in [-0.3, -0.25) is 9.78 Å². The number of nitrogens with one attached hydrogen (secondary N) is 1. The summed E-state index contributed by atoms with van der Waals surface area (Å²) in [5.74, 6) is -0.526. The molecule has 0 aliphatic rings. The molecule has 0 aliphatic carbocycles. The Bertz CT molecular complexity index is 613. The number of nitrogens with zero attached hydrogens (tertiary/aromatic N) is 3. The van der Waals surface area contributed by atoms with Crippen molar-refractivity contribution in [1.82, 2.24) is 15.2 Å². The third kappa shape index (κ3) is 3.41. The second-order valence-corrected chi connectivity index (χ2v) is 4.01. The van der Waals surface area contributed by atoms with Gasteiger partial charge in [0.1, 0.15) is 5.69 Å². The predicted molar refractivity (Wildman–Crippen MR) is 64.2 cm³/mol. The maximum atomic E-state index is 12.3. The highest BCUT2D eigenvalue weighted by Crippen LogP contribution is 2.27. The summed E-state index contributed by atoms with van der Waals surface area (Å²) < 4.78 is 36.9. The summed E-state index contributed by atoms with van der Waals surface area (Å²) in [5, 5.41) is 9.60. The molecule has 0 saturated carbocycles. The first-order chi connectivity index (χ1) is 9.36. The van der Waals surface area contributed by atoms with Crippen molar-refractivity contribution < 1.29 is 18.0 Å². The average Bonchev–Trinajstić information content (AvgIpc) is 2.40. The van der Waals surface area contributed by atoms with E-state index in [2.05, 4.69) is 20.5 Å². The summed E-state index contributed by atoms with van der Waals surface area (Å²) in [4.78, 5) is 14.9. The van der Waals surface area contributed by atoms with Gasteiger partial charge in [0, 0.05) is 6.20 Å². The molecule has 2 heterocycles. The molecular weight excluding hydrogens is 297 g/mol. The van der Waals surface area contributed by atoms with Crippen LogP contribution in [0.4, 0.5) is 19.0 Å². The van der Waals surface area contributed by atoms with Gasteiger partial charge in [-0.25, -0.2) is 0 Å². The minimum absolute atomic E-state index is 0.0326. The number of carbonyl (C=O) groups is 1. The van der Waals surface area contributed by atoms with Gasteiger partial charge < -0.3 is 5.32 Å². The Labute approximate surface area is 115 Å². The highest BCUT2D eigenvalue weighted by Gasteiger charge is 2.32. The van der Waals surface area contributed by atoms with Gasteiger partial charge in [-0.2, -0.15) is 13.2 Å². The summed E-state index contributed by atoms with van der Waals surface area (Å²) in [6.07, 6.45) is -3.71. The lowest BCUT2D eigenvalue weighted by Crippen LogP contribution is -2.15. The van der Waals surface area contributed by atoms with Gasteiger partial charge in [-0.15, -0.1) is 10.2 Å². The Morgan fingerprint density at radius 1 is 1.15 bits per heavy atom. The van der Waals surface area contributed by atoms with Crippen LogP contribution in [0.5, 0.6) is 0 Å². The largest absolute Gasteiger partial charge is 0.433 e. The quantitative estimate of drug-likeness (QED) is 0.926. The van der Waals surface area contributed by atoms with Crippen LogP contribution in [0.2, 0.25) is 5.15 Å². The Kier molecular flexibility index (Phi) is 3.84. The number of anilines is 1. The predicted octanol–water partition coefficient (Wildman–Crippen LogP) is 2.80.